The Balaban J connectivity index is 1.79. The second kappa shape index (κ2) is 12.3. The first kappa shape index (κ1) is 26.8. The van der Waals surface area contributed by atoms with Crippen molar-refractivity contribution in [3.05, 3.63) is 41.5 Å². The Labute approximate surface area is 220 Å². The lowest BCUT2D eigenvalue weighted by molar-refractivity contribution is 0.292. The van der Waals surface area contributed by atoms with Crippen molar-refractivity contribution in [3.63, 3.8) is 0 Å². The lowest BCUT2D eigenvalue weighted by Gasteiger charge is -2.20. The van der Waals surface area contributed by atoms with Gasteiger partial charge in [-0.15, -0.1) is 5.10 Å². The van der Waals surface area contributed by atoms with Gasteiger partial charge in [0.15, 0.2) is 5.82 Å². The van der Waals surface area contributed by atoms with Gasteiger partial charge in [0, 0.05) is 31.4 Å². The molecule has 8 nitrogen and oxygen atoms in total. The van der Waals surface area contributed by atoms with Gasteiger partial charge >= 0.3 is 6.01 Å². The maximum atomic E-state index is 10.8. The minimum Gasteiger partial charge on any atom is -0.493 e. The normalized spacial score (nSPS) is 12.9. The molecule has 0 unspecified atom stereocenters. The Morgan fingerprint density at radius 2 is 1.73 bits per heavy atom. The second-order valence-electron chi connectivity index (χ2n) is 9.94. The monoisotopic (exact) mass is 507 g/mol. The van der Waals surface area contributed by atoms with E-state index in [-0.39, 0.29) is 11.9 Å². The van der Waals surface area contributed by atoms with Crippen LogP contribution in [0.3, 0.4) is 0 Å². The average molecular weight is 508 g/mol. The summed E-state index contributed by atoms with van der Waals surface area (Å²) in [6.45, 7) is 12.3. The van der Waals surface area contributed by atoms with E-state index in [1.807, 2.05) is 12.1 Å². The van der Waals surface area contributed by atoms with Crippen molar-refractivity contribution < 1.29 is 14.6 Å². The van der Waals surface area contributed by atoms with Crippen LogP contribution in [-0.4, -0.2) is 52.7 Å². The molecule has 1 aliphatic rings. The van der Waals surface area contributed by atoms with Gasteiger partial charge in [-0.2, -0.15) is 0 Å². The molecule has 2 aromatic carbocycles. The Morgan fingerprint density at radius 3 is 2.41 bits per heavy atom. The highest BCUT2D eigenvalue weighted by atomic mass is 16.5. The summed E-state index contributed by atoms with van der Waals surface area (Å²) < 4.78 is 14.2. The van der Waals surface area contributed by atoms with E-state index in [1.54, 1.807) is 4.57 Å². The fourth-order valence-electron chi connectivity index (χ4n) is 4.77. The van der Waals surface area contributed by atoms with Gasteiger partial charge in [0.25, 0.3) is 0 Å². The van der Waals surface area contributed by atoms with Crippen LogP contribution in [0.4, 0.5) is 5.69 Å². The van der Waals surface area contributed by atoms with E-state index in [4.69, 9.17) is 15.2 Å². The van der Waals surface area contributed by atoms with Gasteiger partial charge < -0.3 is 25.2 Å². The van der Waals surface area contributed by atoms with Crippen LogP contribution in [0, 0.1) is 0 Å². The number of nitrogens with zero attached hydrogens (tertiary/aromatic N) is 4. The topological polar surface area (TPSA) is 98.7 Å². The van der Waals surface area contributed by atoms with Crippen molar-refractivity contribution in [1.82, 2.24) is 14.8 Å². The molecular formula is C29H41N5O3. The van der Waals surface area contributed by atoms with E-state index < -0.39 is 0 Å². The van der Waals surface area contributed by atoms with Crippen LogP contribution >= 0.6 is 0 Å². The fraction of sp³-hybridized carbons (Fsp3) is 0.517. The highest BCUT2D eigenvalue weighted by Gasteiger charge is 2.24. The van der Waals surface area contributed by atoms with Crippen molar-refractivity contribution >= 4 is 5.69 Å². The third-order valence-electron chi connectivity index (χ3n) is 6.84. The summed E-state index contributed by atoms with van der Waals surface area (Å²) in [5, 5.41) is 19.3. The quantitative estimate of drug-likeness (QED) is 0.297. The maximum Gasteiger partial charge on any atom is 0.319 e. The summed E-state index contributed by atoms with van der Waals surface area (Å²) in [4.78, 5) is 2.30. The molecule has 3 N–H and O–H groups in total. The number of unbranched alkanes of at least 4 members (excludes halogenated alkanes) is 2. The molecule has 1 aliphatic heterocycles. The van der Waals surface area contributed by atoms with Crippen molar-refractivity contribution in [1.29, 1.82) is 0 Å². The first-order valence-electron chi connectivity index (χ1n) is 13.6. The molecule has 3 aromatic rings. The number of ether oxygens (including phenoxy) is 2. The molecule has 8 heteroatoms. The van der Waals surface area contributed by atoms with E-state index in [0.717, 1.165) is 67.8 Å². The summed E-state index contributed by atoms with van der Waals surface area (Å²) in [5.41, 5.74) is 10.9. The zero-order valence-corrected chi connectivity index (χ0v) is 22.7. The van der Waals surface area contributed by atoms with E-state index in [9.17, 15) is 5.11 Å². The number of benzene rings is 2. The minimum atomic E-state index is -0.152. The van der Waals surface area contributed by atoms with Crippen molar-refractivity contribution in [2.75, 3.05) is 37.7 Å². The van der Waals surface area contributed by atoms with Crippen LogP contribution in [0.2, 0.25) is 0 Å². The van der Waals surface area contributed by atoms with Crippen molar-refractivity contribution in [2.24, 2.45) is 5.73 Å². The number of hydrogen-bond acceptors (Lipinski definition) is 7. The molecule has 0 bridgehead atoms. The van der Waals surface area contributed by atoms with Gasteiger partial charge in [0.2, 0.25) is 0 Å². The molecular weight excluding hydrogens is 466 g/mol. The van der Waals surface area contributed by atoms with Crippen molar-refractivity contribution in [2.45, 2.75) is 65.7 Å². The minimum absolute atomic E-state index is 0.152. The molecule has 37 heavy (non-hydrogen) atoms. The largest absolute Gasteiger partial charge is 0.493 e. The highest BCUT2D eigenvalue weighted by Crippen LogP contribution is 2.41. The summed E-state index contributed by atoms with van der Waals surface area (Å²) >= 11 is 0. The molecule has 0 aliphatic carbocycles. The Kier molecular flexibility index (Phi) is 8.92. The van der Waals surface area contributed by atoms with Crippen LogP contribution in [0.1, 0.15) is 70.4 Å². The molecule has 0 spiro atoms. The van der Waals surface area contributed by atoms with Crippen LogP contribution in [0.5, 0.6) is 17.5 Å². The third kappa shape index (κ3) is 5.85. The summed E-state index contributed by atoms with van der Waals surface area (Å²) in [6, 6.07) is 10.1. The zero-order valence-electron chi connectivity index (χ0n) is 22.7. The predicted molar refractivity (Wildman–Crippen MR) is 148 cm³/mol. The molecule has 0 atom stereocenters. The molecule has 0 saturated carbocycles. The lowest BCUT2D eigenvalue weighted by Crippen LogP contribution is -2.27. The van der Waals surface area contributed by atoms with E-state index in [1.165, 1.54) is 11.3 Å². The van der Waals surface area contributed by atoms with Crippen LogP contribution in [0.15, 0.2) is 30.3 Å². The van der Waals surface area contributed by atoms with E-state index >= 15 is 0 Å². The third-order valence-corrected chi connectivity index (χ3v) is 6.84. The summed E-state index contributed by atoms with van der Waals surface area (Å²) in [7, 11) is 0. The number of aromatic hydroxyl groups is 1. The number of fused-ring (bicyclic) bond motifs is 1. The molecule has 0 saturated heterocycles. The van der Waals surface area contributed by atoms with Crippen molar-refractivity contribution in [3.8, 4) is 34.6 Å². The average Bonchev–Trinajstić information content (AvgIpc) is 3.47. The molecule has 200 valence electrons. The molecule has 4 rings (SSSR count). The predicted octanol–water partition coefficient (Wildman–Crippen LogP) is 5.44. The number of rotatable bonds is 13. The molecule has 0 fully saturated rings. The van der Waals surface area contributed by atoms with E-state index in [2.05, 4.69) is 61.0 Å². The fourth-order valence-corrected chi connectivity index (χ4v) is 4.77. The zero-order chi connectivity index (χ0) is 26.4. The van der Waals surface area contributed by atoms with E-state index in [0.29, 0.717) is 31.3 Å². The van der Waals surface area contributed by atoms with Gasteiger partial charge in [-0.1, -0.05) is 45.6 Å². The number of hydrogen-bond donors (Lipinski definition) is 2. The van der Waals surface area contributed by atoms with Crippen LogP contribution in [0.25, 0.3) is 17.1 Å². The van der Waals surface area contributed by atoms with Crippen LogP contribution in [-0.2, 0) is 6.42 Å². The maximum absolute atomic E-state index is 10.8. The second-order valence-corrected chi connectivity index (χ2v) is 9.94. The van der Waals surface area contributed by atoms with Crippen LogP contribution < -0.4 is 20.1 Å². The SMILES string of the molecule is CCCCOc1cc(OCCCC)c(C(C)C)cc1-c1nnc(O)n1-c1ccc2c(c1)CCN2CCN. The summed E-state index contributed by atoms with van der Waals surface area (Å²) in [6.07, 6.45) is 4.98. The smallest absolute Gasteiger partial charge is 0.319 e. The Hall–Kier alpha value is -3.26. The highest BCUT2D eigenvalue weighted by molar-refractivity contribution is 5.71. The number of anilines is 1. The van der Waals surface area contributed by atoms with Gasteiger partial charge in [-0.3, -0.25) is 0 Å². The van der Waals surface area contributed by atoms with Gasteiger partial charge in [-0.25, -0.2) is 4.57 Å². The first-order valence-corrected chi connectivity index (χ1v) is 13.6. The lowest BCUT2D eigenvalue weighted by atomic mass is 9.98. The Bertz CT molecular complexity index is 1190. The van der Waals surface area contributed by atoms with Gasteiger partial charge in [0.1, 0.15) is 11.5 Å². The first-order chi connectivity index (χ1) is 18.0. The molecule has 0 amide bonds. The molecule has 2 heterocycles. The molecule has 0 radical (unpaired) electrons. The molecule has 1 aromatic heterocycles. The summed E-state index contributed by atoms with van der Waals surface area (Å²) in [5.74, 6) is 2.31. The Morgan fingerprint density at radius 1 is 1.00 bits per heavy atom. The number of nitrogens with two attached hydrogens (primary N) is 1. The van der Waals surface area contributed by atoms with Gasteiger partial charge in [0.05, 0.1) is 24.5 Å². The standard InChI is InChI=1S/C29H41N5O3/c1-5-7-15-36-26-19-27(37-16-8-6-2)24(18-23(26)20(3)4)28-31-32-29(35)34(28)22-9-10-25-21(17-22)11-13-33(25)14-12-30/h9-10,17-20H,5-8,11-16,30H2,1-4H3,(H,32,35). The van der Waals surface area contributed by atoms with Gasteiger partial charge in [-0.05, 0) is 60.6 Å². The number of aromatic nitrogens is 3.